The summed E-state index contributed by atoms with van der Waals surface area (Å²) in [6.45, 7) is 4.02. The van der Waals surface area contributed by atoms with Gasteiger partial charge in [0.15, 0.2) is 5.78 Å². The molecule has 5 aromatic rings. The van der Waals surface area contributed by atoms with Crippen LogP contribution in [0.2, 0.25) is 0 Å². The van der Waals surface area contributed by atoms with Crippen LogP contribution in [-0.4, -0.2) is 26.8 Å². The second kappa shape index (κ2) is 9.18. The van der Waals surface area contributed by atoms with Crippen molar-refractivity contribution < 1.29 is 14.7 Å². The summed E-state index contributed by atoms with van der Waals surface area (Å²) < 4.78 is 0. The monoisotopic (exact) mass is 462 g/mol. The molecule has 174 valence electrons. The van der Waals surface area contributed by atoms with Crippen molar-refractivity contribution in [3.63, 3.8) is 0 Å². The largest absolute Gasteiger partial charge is 0.481 e. The maximum atomic E-state index is 13.0. The van der Waals surface area contributed by atoms with Crippen molar-refractivity contribution >= 4 is 33.6 Å². The molecule has 5 rings (SSSR count). The zero-order chi connectivity index (χ0) is 24.5. The zero-order valence-corrected chi connectivity index (χ0v) is 19.8. The van der Waals surface area contributed by atoms with Gasteiger partial charge in [0, 0.05) is 24.0 Å². The number of nitrogens with one attached hydrogen (secondary N) is 1. The van der Waals surface area contributed by atoms with E-state index in [1.54, 1.807) is 0 Å². The highest BCUT2D eigenvalue weighted by molar-refractivity contribution is 6.00. The van der Waals surface area contributed by atoms with Crippen LogP contribution in [-0.2, 0) is 17.6 Å². The summed E-state index contributed by atoms with van der Waals surface area (Å²) in [5.41, 5.74) is 7.35. The van der Waals surface area contributed by atoms with E-state index < -0.39 is 5.97 Å². The summed E-state index contributed by atoms with van der Waals surface area (Å²) >= 11 is 0. The number of carbonyl (C=O) groups is 2. The molecule has 4 aromatic carbocycles. The van der Waals surface area contributed by atoms with Crippen LogP contribution >= 0.6 is 0 Å². The van der Waals surface area contributed by atoms with Crippen molar-refractivity contribution in [1.82, 2.24) is 9.97 Å². The van der Waals surface area contributed by atoms with Crippen molar-refractivity contribution in [1.29, 1.82) is 0 Å². The van der Waals surface area contributed by atoms with E-state index in [2.05, 4.69) is 29.2 Å². The Bertz CT molecular complexity index is 1570. The summed E-state index contributed by atoms with van der Waals surface area (Å²) in [6.07, 6.45) is 0.951. The predicted octanol–water partition coefficient (Wildman–Crippen LogP) is 6.44. The Balaban J connectivity index is 1.41. The summed E-state index contributed by atoms with van der Waals surface area (Å²) in [6, 6.07) is 23.9. The van der Waals surface area contributed by atoms with E-state index in [1.807, 2.05) is 62.4 Å². The van der Waals surface area contributed by atoms with Crippen LogP contribution < -0.4 is 0 Å². The zero-order valence-electron chi connectivity index (χ0n) is 19.8. The molecule has 0 aliphatic rings. The van der Waals surface area contributed by atoms with Gasteiger partial charge in [-0.3, -0.25) is 9.59 Å². The molecule has 0 unspecified atom stereocenters. The maximum absolute atomic E-state index is 13.0. The Morgan fingerprint density at radius 3 is 2.34 bits per heavy atom. The minimum atomic E-state index is -0.798. The first-order valence-corrected chi connectivity index (χ1v) is 11.7. The topological polar surface area (TPSA) is 83.0 Å². The summed E-state index contributed by atoms with van der Waals surface area (Å²) in [7, 11) is 0. The number of aromatic amines is 1. The molecule has 0 amide bonds. The summed E-state index contributed by atoms with van der Waals surface area (Å²) in [5.74, 6) is 0.0139. The molecule has 0 saturated carbocycles. The molecule has 0 fully saturated rings. The lowest BCUT2D eigenvalue weighted by atomic mass is 9.97. The number of aliphatic carboxylic acids is 1. The maximum Gasteiger partial charge on any atom is 0.303 e. The fourth-order valence-corrected chi connectivity index (χ4v) is 4.76. The minimum Gasteiger partial charge on any atom is -0.481 e. The molecule has 35 heavy (non-hydrogen) atoms. The number of aryl methyl sites for hydroxylation is 3. The number of carbonyl (C=O) groups excluding carboxylic acids is 1. The number of hydrogen-bond acceptors (Lipinski definition) is 3. The lowest BCUT2D eigenvalue weighted by molar-refractivity contribution is -0.136. The minimum absolute atomic E-state index is 0.0634. The summed E-state index contributed by atoms with van der Waals surface area (Å²) in [4.78, 5) is 32.1. The molecule has 0 spiro atoms. The Labute approximate surface area is 203 Å². The highest BCUT2D eigenvalue weighted by atomic mass is 16.4. The van der Waals surface area contributed by atoms with Gasteiger partial charge in [-0.15, -0.1) is 0 Å². The molecule has 0 aliphatic heterocycles. The fraction of sp³-hybridized carbons (Fsp3) is 0.167. The third-order valence-electron chi connectivity index (χ3n) is 6.44. The number of hydrogen-bond donors (Lipinski definition) is 2. The average Bonchev–Trinajstić information content (AvgIpc) is 3.25. The molecule has 0 aliphatic carbocycles. The number of nitrogens with zero attached hydrogens (tertiary/aromatic N) is 1. The van der Waals surface area contributed by atoms with Crippen LogP contribution in [0.25, 0.3) is 33.2 Å². The van der Waals surface area contributed by atoms with Crippen molar-refractivity contribution in [2.45, 2.75) is 33.1 Å². The second-order valence-corrected chi connectivity index (χ2v) is 9.10. The Kier molecular flexibility index (Phi) is 5.91. The number of carboxylic acids is 1. The van der Waals surface area contributed by atoms with E-state index in [4.69, 9.17) is 10.1 Å². The Hall–Kier alpha value is -4.25. The van der Waals surface area contributed by atoms with Gasteiger partial charge in [-0.25, -0.2) is 4.98 Å². The molecular formula is C30H26N2O3. The number of carboxylic acid groups (broad SMARTS) is 1. The van der Waals surface area contributed by atoms with Crippen molar-refractivity contribution in [3.8, 4) is 11.4 Å². The van der Waals surface area contributed by atoms with Crippen molar-refractivity contribution in [2.75, 3.05) is 0 Å². The molecular weight excluding hydrogens is 436 g/mol. The molecule has 0 atom stereocenters. The third kappa shape index (κ3) is 4.71. The smallest absolute Gasteiger partial charge is 0.303 e. The van der Waals surface area contributed by atoms with E-state index in [0.717, 1.165) is 55.4 Å². The van der Waals surface area contributed by atoms with Crippen LogP contribution in [0.4, 0.5) is 0 Å². The van der Waals surface area contributed by atoms with Gasteiger partial charge in [-0.05, 0) is 71.5 Å². The molecule has 0 bridgehead atoms. The van der Waals surface area contributed by atoms with Crippen LogP contribution in [0.15, 0.2) is 72.8 Å². The van der Waals surface area contributed by atoms with Crippen molar-refractivity contribution in [2.24, 2.45) is 0 Å². The number of aromatic nitrogens is 2. The van der Waals surface area contributed by atoms with Gasteiger partial charge in [0.05, 0.1) is 11.0 Å². The van der Waals surface area contributed by atoms with Gasteiger partial charge in [0.2, 0.25) is 0 Å². The standard InChI is InChI=1S/C30H26N2O3/c1-18-13-20(8-12-28(34)35)14-19(2)29(18)30-31-25-11-10-24(17-26(25)32-30)27(33)16-21-7-9-22-5-3-4-6-23(22)15-21/h3-7,9-11,13-15,17H,8,12,16H2,1-2H3,(H,31,32)(H,34,35). The number of rotatable bonds is 7. The molecule has 0 saturated heterocycles. The van der Waals surface area contributed by atoms with Gasteiger partial charge in [-0.2, -0.15) is 0 Å². The number of imidazole rings is 1. The van der Waals surface area contributed by atoms with Gasteiger partial charge in [0.1, 0.15) is 5.82 Å². The van der Waals surface area contributed by atoms with Gasteiger partial charge < -0.3 is 10.1 Å². The SMILES string of the molecule is Cc1cc(CCC(=O)O)cc(C)c1-c1nc2ccc(C(=O)Cc3ccc4ccccc4c3)cc2[nH]1. The molecule has 2 N–H and O–H groups in total. The number of ketones is 1. The normalized spacial score (nSPS) is 11.3. The highest BCUT2D eigenvalue weighted by Gasteiger charge is 2.15. The van der Waals surface area contributed by atoms with Gasteiger partial charge >= 0.3 is 5.97 Å². The number of fused-ring (bicyclic) bond motifs is 2. The van der Waals surface area contributed by atoms with Gasteiger partial charge in [-0.1, -0.05) is 54.6 Å². The van der Waals surface area contributed by atoms with E-state index in [0.29, 0.717) is 18.4 Å². The van der Waals surface area contributed by atoms with Crippen molar-refractivity contribution in [3.05, 3.63) is 101 Å². The predicted molar refractivity (Wildman–Crippen MR) is 139 cm³/mol. The first-order chi connectivity index (χ1) is 16.9. The van der Waals surface area contributed by atoms with Gasteiger partial charge in [0.25, 0.3) is 0 Å². The third-order valence-corrected chi connectivity index (χ3v) is 6.44. The second-order valence-electron chi connectivity index (χ2n) is 9.10. The number of H-pyrrole nitrogens is 1. The molecule has 0 radical (unpaired) electrons. The summed E-state index contributed by atoms with van der Waals surface area (Å²) in [5, 5.41) is 11.3. The van der Waals surface area contributed by atoms with Crippen LogP contribution in [0.3, 0.4) is 0 Å². The van der Waals surface area contributed by atoms with E-state index in [1.165, 1.54) is 0 Å². The Morgan fingerprint density at radius 1 is 0.857 bits per heavy atom. The fourth-order valence-electron chi connectivity index (χ4n) is 4.76. The Morgan fingerprint density at radius 2 is 1.60 bits per heavy atom. The number of benzene rings is 4. The van der Waals surface area contributed by atoms with E-state index in [-0.39, 0.29) is 12.2 Å². The number of Topliss-reactive ketones (excluding diaryl/α,β-unsaturated/α-hetero) is 1. The lowest BCUT2D eigenvalue weighted by Crippen LogP contribution is -2.03. The molecule has 1 aromatic heterocycles. The van der Waals surface area contributed by atoms with E-state index in [9.17, 15) is 9.59 Å². The molecule has 5 nitrogen and oxygen atoms in total. The lowest BCUT2D eigenvalue weighted by Gasteiger charge is -2.10. The van der Waals surface area contributed by atoms with E-state index >= 15 is 0 Å². The highest BCUT2D eigenvalue weighted by Crippen LogP contribution is 2.29. The first kappa shape index (κ1) is 22.5. The quantitative estimate of drug-likeness (QED) is 0.273. The average molecular weight is 463 g/mol. The first-order valence-electron chi connectivity index (χ1n) is 11.7. The van der Waals surface area contributed by atoms with Crippen LogP contribution in [0.1, 0.15) is 39.0 Å². The molecule has 1 heterocycles. The van der Waals surface area contributed by atoms with Crippen LogP contribution in [0, 0.1) is 13.8 Å². The molecule has 5 heteroatoms. The van der Waals surface area contributed by atoms with Crippen LogP contribution in [0.5, 0.6) is 0 Å².